The second kappa shape index (κ2) is 7.60. The Balaban J connectivity index is 2.22. The van der Waals surface area contributed by atoms with Gasteiger partial charge in [-0.15, -0.1) is 0 Å². The van der Waals surface area contributed by atoms with Gasteiger partial charge in [0.15, 0.2) is 0 Å². The molecule has 0 aromatic heterocycles. The number of carbonyl (C=O) groups is 1. The smallest absolute Gasteiger partial charge is 0.222 e. The molecule has 110 valence electrons. The third kappa shape index (κ3) is 4.43. The zero-order valence-electron chi connectivity index (χ0n) is 12.6. The van der Waals surface area contributed by atoms with Gasteiger partial charge >= 0.3 is 0 Å². The molecule has 0 spiro atoms. The van der Waals surface area contributed by atoms with Crippen LogP contribution in [0.1, 0.15) is 29.2 Å². The summed E-state index contributed by atoms with van der Waals surface area (Å²) in [7, 11) is 1.85. The van der Waals surface area contributed by atoms with Crippen molar-refractivity contribution in [2.75, 3.05) is 13.6 Å². The molecule has 0 heterocycles. The van der Waals surface area contributed by atoms with Crippen molar-refractivity contribution < 1.29 is 4.79 Å². The Kier molecular flexibility index (Phi) is 5.52. The quantitative estimate of drug-likeness (QED) is 0.855. The molecule has 2 aromatic carbocycles. The van der Waals surface area contributed by atoms with Gasteiger partial charge < -0.3 is 10.6 Å². The van der Waals surface area contributed by atoms with Gasteiger partial charge in [0.25, 0.3) is 0 Å². The van der Waals surface area contributed by atoms with Crippen molar-refractivity contribution in [1.82, 2.24) is 10.6 Å². The highest BCUT2D eigenvalue weighted by molar-refractivity contribution is 5.77. The first-order valence-corrected chi connectivity index (χ1v) is 7.26. The van der Waals surface area contributed by atoms with Crippen molar-refractivity contribution in [2.24, 2.45) is 0 Å². The highest BCUT2D eigenvalue weighted by Crippen LogP contribution is 2.22. The van der Waals surface area contributed by atoms with Gasteiger partial charge in [0.1, 0.15) is 0 Å². The van der Waals surface area contributed by atoms with E-state index >= 15 is 0 Å². The fourth-order valence-electron chi connectivity index (χ4n) is 2.24. The number of carbonyl (C=O) groups excluding carboxylic acids is 1. The molecule has 0 aliphatic carbocycles. The van der Waals surface area contributed by atoms with E-state index in [4.69, 9.17) is 0 Å². The van der Waals surface area contributed by atoms with Crippen molar-refractivity contribution in [2.45, 2.75) is 19.4 Å². The summed E-state index contributed by atoms with van der Waals surface area (Å²) in [6, 6.07) is 18.3. The minimum absolute atomic E-state index is 0.0544. The van der Waals surface area contributed by atoms with Gasteiger partial charge in [0, 0.05) is 13.0 Å². The Morgan fingerprint density at radius 3 is 2.24 bits per heavy atom. The average molecular weight is 282 g/mol. The van der Waals surface area contributed by atoms with Crippen LogP contribution in [0.3, 0.4) is 0 Å². The maximum atomic E-state index is 12.1. The summed E-state index contributed by atoms with van der Waals surface area (Å²) in [5, 5.41) is 6.12. The molecule has 2 rings (SSSR count). The van der Waals surface area contributed by atoms with Gasteiger partial charge in [-0.3, -0.25) is 4.79 Å². The summed E-state index contributed by atoms with van der Waals surface area (Å²) < 4.78 is 0. The highest BCUT2D eigenvalue weighted by atomic mass is 16.1. The van der Waals surface area contributed by atoms with Crippen LogP contribution in [0.4, 0.5) is 0 Å². The number of aryl methyl sites for hydroxylation is 1. The van der Waals surface area contributed by atoms with Crippen LogP contribution in [-0.4, -0.2) is 19.5 Å². The van der Waals surface area contributed by atoms with Crippen LogP contribution in [-0.2, 0) is 4.79 Å². The number of nitrogens with one attached hydrogen (secondary N) is 2. The van der Waals surface area contributed by atoms with Crippen LogP contribution in [0.2, 0.25) is 0 Å². The summed E-state index contributed by atoms with van der Waals surface area (Å²) in [4.78, 5) is 12.1. The summed E-state index contributed by atoms with van der Waals surface area (Å²) >= 11 is 0. The molecule has 1 atom stereocenters. The molecule has 2 aromatic rings. The minimum Gasteiger partial charge on any atom is -0.345 e. The second-order valence-electron chi connectivity index (χ2n) is 5.18. The van der Waals surface area contributed by atoms with E-state index in [0.29, 0.717) is 13.0 Å². The van der Waals surface area contributed by atoms with E-state index in [1.807, 2.05) is 37.4 Å². The molecular weight excluding hydrogens is 260 g/mol. The van der Waals surface area contributed by atoms with E-state index in [2.05, 4.69) is 41.8 Å². The lowest BCUT2D eigenvalue weighted by atomic mass is 9.97. The molecule has 0 aliphatic rings. The maximum Gasteiger partial charge on any atom is 0.222 e. The summed E-state index contributed by atoms with van der Waals surface area (Å²) in [6.07, 6.45) is 0.478. The highest BCUT2D eigenvalue weighted by Gasteiger charge is 2.16. The molecule has 1 unspecified atom stereocenters. The lowest BCUT2D eigenvalue weighted by molar-refractivity contribution is -0.121. The Bertz CT molecular complexity index is 564. The molecule has 0 aliphatic heterocycles. The molecular formula is C18H22N2O. The predicted molar refractivity (Wildman–Crippen MR) is 86.2 cm³/mol. The van der Waals surface area contributed by atoms with Crippen molar-refractivity contribution in [3.05, 3.63) is 71.3 Å². The monoisotopic (exact) mass is 282 g/mol. The third-order valence-corrected chi connectivity index (χ3v) is 3.45. The van der Waals surface area contributed by atoms with Crippen molar-refractivity contribution in [1.29, 1.82) is 0 Å². The molecule has 0 fully saturated rings. The SMILES string of the molecule is CNCCC(=O)NC(c1ccccc1)c1ccc(C)cc1. The first kappa shape index (κ1) is 15.3. The molecule has 0 saturated heterocycles. The van der Waals surface area contributed by atoms with Gasteiger partial charge in [-0.05, 0) is 25.1 Å². The lowest BCUT2D eigenvalue weighted by Gasteiger charge is -2.20. The van der Waals surface area contributed by atoms with E-state index in [1.54, 1.807) is 0 Å². The largest absolute Gasteiger partial charge is 0.345 e. The summed E-state index contributed by atoms with van der Waals surface area (Å²) in [5.74, 6) is 0.0544. The van der Waals surface area contributed by atoms with Crippen molar-refractivity contribution >= 4 is 5.91 Å². The molecule has 2 N–H and O–H groups in total. The molecule has 3 heteroatoms. The van der Waals surface area contributed by atoms with Crippen LogP contribution in [0.15, 0.2) is 54.6 Å². The van der Waals surface area contributed by atoms with E-state index in [1.165, 1.54) is 5.56 Å². The maximum absolute atomic E-state index is 12.1. The van der Waals surface area contributed by atoms with Gasteiger partial charge in [-0.25, -0.2) is 0 Å². The predicted octanol–water partition coefficient (Wildman–Crippen LogP) is 2.81. The van der Waals surface area contributed by atoms with Gasteiger partial charge in [-0.2, -0.15) is 0 Å². The minimum atomic E-state index is -0.101. The molecule has 1 amide bonds. The zero-order valence-corrected chi connectivity index (χ0v) is 12.6. The fraction of sp³-hybridized carbons (Fsp3) is 0.278. The second-order valence-corrected chi connectivity index (χ2v) is 5.18. The van der Waals surface area contributed by atoms with Crippen molar-refractivity contribution in [3.63, 3.8) is 0 Å². The molecule has 0 saturated carbocycles. The van der Waals surface area contributed by atoms with Crippen LogP contribution in [0.5, 0.6) is 0 Å². The lowest BCUT2D eigenvalue weighted by Crippen LogP contribution is -2.31. The van der Waals surface area contributed by atoms with Gasteiger partial charge in [-0.1, -0.05) is 60.2 Å². The summed E-state index contributed by atoms with van der Waals surface area (Å²) in [5.41, 5.74) is 3.41. The van der Waals surface area contributed by atoms with E-state index in [0.717, 1.165) is 11.1 Å². The van der Waals surface area contributed by atoms with Gasteiger partial charge in [0.05, 0.1) is 6.04 Å². The van der Waals surface area contributed by atoms with E-state index in [-0.39, 0.29) is 11.9 Å². The average Bonchev–Trinajstić information content (AvgIpc) is 2.52. The normalized spacial score (nSPS) is 11.9. The molecule has 21 heavy (non-hydrogen) atoms. The third-order valence-electron chi connectivity index (χ3n) is 3.45. The van der Waals surface area contributed by atoms with Crippen LogP contribution < -0.4 is 10.6 Å². The fourth-order valence-corrected chi connectivity index (χ4v) is 2.24. The van der Waals surface area contributed by atoms with Gasteiger partial charge in [0.2, 0.25) is 5.91 Å². The van der Waals surface area contributed by atoms with Crippen LogP contribution in [0, 0.1) is 6.92 Å². The number of benzene rings is 2. The van der Waals surface area contributed by atoms with E-state index < -0.39 is 0 Å². The zero-order chi connectivity index (χ0) is 15.1. The first-order chi connectivity index (χ1) is 10.2. The van der Waals surface area contributed by atoms with E-state index in [9.17, 15) is 4.79 Å². The Labute approximate surface area is 126 Å². The number of hydrogen-bond acceptors (Lipinski definition) is 2. The Hall–Kier alpha value is -2.13. The Morgan fingerprint density at radius 1 is 1.00 bits per heavy atom. The van der Waals surface area contributed by atoms with Crippen molar-refractivity contribution in [3.8, 4) is 0 Å². The molecule has 3 nitrogen and oxygen atoms in total. The first-order valence-electron chi connectivity index (χ1n) is 7.26. The standard InChI is InChI=1S/C18H22N2O/c1-14-8-10-16(11-9-14)18(15-6-4-3-5-7-15)20-17(21)12-13-19-2/h3-11,18-19H,12-13H2,1-2H3,(H,20,21). The number of amides is 1. The number of rotatable bonds is 6. The Morgan fingerprint density at radius 2 is 1.62 bits per heavy atom. The van der Waals surface area contributed by atoms with Crippen LogP contribution >= 0.6 is 0 Å². The molecule has 0 radical (unpaired) electrons. The van der Waals surface area contributed by atoms with Crippen LogP contribution in [0.25, 0.3) is 0 Å². The summed E-state index contributed by atoms with van der Waals surface area (Å²) in [6.45, 7) is 2.74. The molecule has 0 bridgehead atoms. The number of hydrogen-bond donors (Lipinski definition) is 2. The topological polar surface area (TPSA) is 41.1 Å².